The van der Waals surface area contributed by atoms with Gasteiger partial charge in [0, 0.05) is 49.7 Å². The highest BCUT2D eigenvalue weighted by Gasteiger charge is 2.34. The van der Waals surface area contributed by atoms with Crippen molar-refractivity contribution in [3.05, 3.63) is 95.3 Å². The van der Waals surface area contributed by atoms with Crippen molar-refractivity contribution < 1.29 is 24.5 Å². The molecule has 2 aliphatic heterocycles. The molecule has 0 radical (unpaired) electrons. The van der Waals surface area contributed by atoms with Crippen LogP contribution in [0.5, 0.6) is 0 Å². The number of pyridine rings is 1. The van der Waals surface area contributed by atoms with Crippen LogP contribution in [0.3, 0.4) is 0 Å². The third kappa shape index (κ3) is 5.98. The number of rotatable bonds is 7. The Labute approximate surface area is 210 Å². The lowest BCUT2D eigenvalue weighted by atomic mass is 9.99. The predicted octanol–water partition coefficient (Wildman–Crippen LogP) is 3.44. The highest BCUT2D eigenvalue weighted by molar-refractivity contribution is 6.04. The van der Waals surface area contributed by atoms with E-state index in [2.05, 4.69) is 15.2 Å². The molecule has 1 amide bonds. The highest BCUT2D eigenvalue weighted by Crippen LogP contribution is 2.39. The summed E-state index contributed by atoms with van der Waals surface area (Å²) in [7, 11) is 0. The quantitative estimate of drug-likeness (QED) is 0.467. The van der Waals surface area contributed by atoms with Crippen molar-refractivity contribution in [2.75, 3.05) is 25.0 Å². The van der Waals surface area contributed by atoms with E-state index in [9.17, 15) is 15.0 Å². The maximum atomic E-state index is 12.6. The van der Waals surface area contributed by atoms with Gasteiger partial charge in [-0.05, 0) is 41.8 Å². The number of hydrogen-bond donors (Lipinski definition) is 3. The summed E-state index contributed by atoms with van der Waals surface area (Å²) in [5.74, 6) is -0.238. The fourth-order valence-corrected chi connectivity index (χ4v) is 4.76. The van der Waals surface area contributed by atoms with Gasteiger partial charge in [-0.15, -0.1) is 0 Å². The molecule has 0 bridgehead atoms. The molecule has 4 unspecified atom stereocenters. The number of hydrogen-bond acceptors (Lipinski definition) is 7. The van der Waals surface area contributed by atoms with Gasteiger partial charge in [0.25, 0.3) is 5.91 Å². The van der Waals surface area contributed by atoms with Gasteiger partial charge in [-0.25, -0.2) is 0 Å². The summed E-state index contributed by atoms with van der Waals surface area (Å²) < 4.78 is 12.8. The molecule has 2 saturated heterocycles. The first-order valence-electron chi connectivity index (χ1n) is 12.3. The third-order valence-electron chi connectivity index (χ3n) is 6.66. The summed E-state index contributed by atoms with van der Waals surface area (Å²) in [6, 6.07) is 18.7. The van der Waals surface area contributed by atoms with Crippen LogP contribution in [0.25, 0.3) is 0 Å². The predicted molar refractivity (Wildman–Crippen MR) is 134 cm³/mol. The Morgan fingerprint density at radius 2 is 1.94 bits per heavy atom. The Bertz CT molecular complexity index is 1160. The number of nitrogens with zero attached hydrogens (tertiary/aromatic N) is 2. The first kappa shape index (κ1) is 24.5. The van der Waals surface area contributed by atoms with Crippen molar-refractivity contribution in [3.63, 3.8) is 0 Å². The van der Waals surface area contributed by atoms with E-state index in [0.717, 1.165) is 29.7 Å². The normalized spacial score (nSPS) is 24.5. The fourth-order valence-electron chi connectivity index (χ4n) is 4.76. The number of benzene rings is 2. The minimum atomic E-state index is -0.617. The van der Waals surface area contributed by atoms with E-state index in [1.807, 2.05) is 48.5 Å². The number of carbonyl (C=O) groups excluding carboxylic acids is 1. The number of aliphatic hydroxyl groups excluding tert-OH is 2. The van der Waals surface area contributed by atoms with Gasteiger partial charge in [-0.1, -0.05) is 36.4 Å². The van der Waals surface area contributed by atoms with Gasteiger partial charge in [0.15, 0.2) is 6.29 Å². The van der Waals surface area contributed by atoms with E-state index in [0.29, 0.717) is 30.8 Å². The van der Waals surface area contributed by atoms with Gasteiger partial charge in [-0.3, -0.25) is 14.7 Å². The topological polar surface area (TPSA) is 104 Å². The summed E-state index contributed by atoms with van der Waals surface area (Å²) in [6.07, 6.45) is 3.42. The summed E-state index contributed by atoms with van der Waals surface area (Å²) >= 11 is 0. The third-order valence-corrected chi connectivity index (χ3v) is 6.66. The Morgan fingerprint density at radius 3 is 2.67 bits per heavy atom. The zero-order valence-corrected chi connectivity index (χ0v) is 20.0. The van der Waals surface area contributed by atoms with Crippen molar-refractivity contribution in [1.29, 1.82) is 0 Å². The number of β-amino-alcohol motifs (C(OH)–C–C–N with tert-alkyl or cyclic N) is 1. The second-order valence-corrected chi connectivity index (χ2v) is 9.37. The number of nitrogens with one attached hydrogen (secondary N) is 1. The monoisotopic (exact) mass is 489 g/mol. The average Bonchev–Trinajstić information content (AvgIpc) is 3.33. The molecule has 36 heavy (non-hydrogen) atoms. The number of likely N-dealkylation sites (tertiary alicyclic amines) is 1. The van der Waals surface area contributed by atoms with Gasteiger partial charge < -0.3 is 25.0 Å². The van der Waals surface area contributed by atoms with E-state index in [1.165, 1.54) is 6.20 Å². The number of aromatic nitrogens is 1. The Hall–Kier alpha value is -3.14. The van der Waals surface area contributed by atoms with Gasteiger partial charge in [0.2, 0.25) is 0 Å². The molecule has 8 heteroatoms. The van der Waals surface area contributed by atoms with Gasteiger partial charge in [0.05, 0.1) is 30.5 Å². The number of amides is 1. The van der Waals surface area contributed by atoms with Gasteiger partial charge in [0.1, 0.15) is 0 Å². The maximum absolute atomic E-state index is 12.6. The first-order chi connectivity index (χ1) is 17.6. The summed E-state index contributed by atoms with van der Waals surface area (Å²) in [5.41, 5.74) is 3.80. The molecular weight excluding hydrogens is 458 g/mol. The van der Waals surface area contributed by atoms with E-state index < -0.39 is 6.29 Å². The zero-order valence-electron chi connectivity index (χ0n) is 20.0. The number of ether oxygens (including phenoxy) is 2. The average molecular weight is 490 g/mol. The first-order valence-corrected chi connectivity index (χ1v) is 12.3. The molecule has 4 atom stereocenters. The molecular formula is C28H31N3O5. The second kappa shape index (κ2) is 11.3. The maximum Gasteiger partial charge on any atom is 0.257 e. The molecule has 2 aromatic carbocycles. The molecule has 5 rings (SSSR count). The molecule has 2 fully saturated rings. The van der Waals surface area contributed by atoms with Crippen LogP contribution in [-0.2, 0) is 16.1 Å². The lowest BCUT2D eigenvalue weighted by molar-refractivity contribution is -0.252. The fraction of sp³-hybridized carbons (Fsp3) is 0.357. The minimum absolute atomic E-state index is 0.00495. The van der Waals surface area contributed by atoms with E-state index >= 15 is 0 Å². The molecule has 3 heterocycles. The van der Waals surface area contributed by atoms with E-state index in [-0.39, 0.29) is 30.8 Å². The van der Waals surface area contributed by atoms with Crippen molar-refractivity contribution >= 4 is 11.6 Å². The summed E-state index contributed by atoms with van der Waals surface area (Å²) in [6.45, 7) is 2.20. The zero-order chi connectivity index (χ0) is 24.9. The Morgan fingerprint density at radius 1 is 1.08 bits per heavy atom. The number of anilines is 1. The molecule has 3 N–H and O–H groups in total. The van der Waals surface area contributed by atoms with Crippen LogP contribution >= 0.6 is 0 Å². The van der Waals surface area contributed by atoms with E-state index in [4.69, 9.17) is 9.47 Å². The Balaban J connectivity index is 1.35. The molecule has 8 nitrogen and oxygen atoms in total. The number of carbonyl (C=O) groups is 1. The lowest BCUT2D eigenvalue weighted by Gasteiger charge is -2.38. The molecule has 0 saturated carbocycles. The van der Waals surface area contributed by atoms with Crippen LogP contribution in [0.2, 0.25) is 0 Å². The minimum Gasteiger partial charge on any atom is -0.392 e. The van der Waals surface area contributed by atoms with Crippen molar-refractivity contribution in [1.82, 2.24) is 9.88 Å². The highest BCUT2D eigenvalue weighted by atomic mass is 16.7. The van der Waals surface area contributed by atoms with Crippen molar-refractivity contribution in [2.24, 2.45) is 0 Å². The molecule has 0 spiro atoms. The van der Waals surface area contributed by atoms with Gasteiger partial charge in [-0.2, -0.15) is 0 Å². The molecule has 1 aromatic heterocycles. The lowest BCUT2D eigenvalue weighted by Crippen LogP contribution is -2.38. The van der Waals surface area contributed by atoms with Crippen molar-refractivity contribution in [3.8, 4) is 0 Å². The van der Waals surface area contributed by atoms with Gasteiger partial charge >= 0.3 is 0 Å². The van der Waals surface area contributed by atoms with Crippen LogP contribution in [0.1, 0.15) is 52.3 Å². The van der Waals surface area contributed by atoms with Crippen molar-refractivity contribution in [2.45, 2.75) is 44.1 Å². The van der Waals surface area contributed by atoms with Crippen LogP contribution < -0.4 is 5.32 Å². The Kier molecular flexibility index (Phi) is 7.69. The largest absolute Gasteiger partial charge is 0.392 e. The molecule has 188 valence electrons. The van der Waals surface area contributed by atoms with E-state index in [1.54, 1.807) is 18.3 Å². The molecule has 0 aliphatic carbocycles. The summed E-state index contributed by atoms with van der Waals surface area (Å²) in [4.78, 5) is 18.8. The number of aliphatic hydroxyl groups is 2. The molecule has 3 aromatic rings. The smallest absolute Gasteiger partial charge is 0.257 e. The van der Waals surface area contributed by atoms with Crippen LogP contribution in [0.15, 0.2) is 73.1 Å². The van der Waals surface area contributed by atoms with Crippen LogP contribution in [0, 0.1) is 0 Å². The standard InChI is InChI=1S/C28H31N3O5/c32-18-19-6-8-20(9-7-19)26-14-25(17-31-12-10-24(33)16-31)35-28(36-26)21-3-1-5-23(13-21)30-27(34)22-4-2-11-29-15-22/h1-9,11,13,15,24-26,28,32-33H,10,12,14,16-18H2,(H,30,34). The second-order valence-electron chi connectivity index (χ2n) is 9.37. The molecule has 2 aliphatic rings. The van der Waals surface area contributed by atoms with Crippen LogP contribution in [-0.4, -0.2) is 57.8 Å². The summed E-state index contributed by atoms with van der Waals surface area (Å²) in [5, 5.41) is 22.3. The SMILES string of the molecule is O=C(Nc1cccc(C2OC(CN3CCC(O)C3)CC(c3ccc(CO)cc3)O2)c1)c1cccnc1. The van der Waals surface area contributed by atoms with Crippen LogP contribution in [0.4, 0.5) is 5.69 Å².